The van der Waals surface area contributed by atoms with E-state index in [0.29, 0.717) is 18.2 Å². The lowest BCUT2D eigenvalue weighted by atomic mass is 10.3. The molecule has 0 aliphatic carbocycles. The van der Waals surface area contributed by atoms with E-state index in [1.165, 1.54) is 0 Å². The van der Waals surface area contributed by atoms with Crippen LogP contribution in [-0.4, -0.2) is 13.2 Å². The van der Waals surface area contributed by atoms with Gasteiger partial charge in [0.2, 0.25) is 0 Å². The third-order valence-corrected chi connectivity index (χ3v) is 4.42. The molecule has 1 aromatic rings. The van der Waals surface area contributed by atoms with E-state index in [4.69, 9.17) is 22.1 Å². The monoisotopic (exact) mass is 439 g/mol. The van der Waals surface area contributed by atoms with Gasteiger partial charge in [-0.05, 0) is 70.0 Å². The molecule has 1 rings (SSSR count). The lowest BCUT2D eigenvalue weighted by Crippen LogP contribution is -2.03. The molecule has 0 spiro atoms. The first-order chi connectivity index (χ1) is 7.15. The first kappa shape index (κ1) is 16.8. The van der Waals surface area contributed by atoms with Crippen LogP contribution in [0.2, 0.25) is 5.02 Å². The molecule has 0 saturated carbocycles. The number of ether oxygens (including phenoxy) is 1. The third-order valence-electron chi connectivity index (χ3n) is 1.83. The Bertz CT molecular complexity index is 339. The van der Waals surface area contributed by atoms with Gasteiger partial charge in [-0.2, -0.15) is 0 Å². The maximum absolute atomic E-state index is 6.03. The molecule has 92 valence electrons. The van der Waals surface area contributed by atoms with Crippen molar-refractivity contribution >= 4 is 62.5 Å². The second-order valence-electron chi connectivity index (χ2n) is 3.04. The summed E-state index contributed by atoms with van der Waals surface area (Å²) in [5.74, 6) is 0.737. The Morgan fingerprint density at radius 3 is 2.69 bits per heavy atom. The van der Waals surface area contributed by atoms with Gasteiger partial charge < -0.3 is 10.5 Å². The smallest absolute Gasteiger partial charge is 0.139 e. The van der Waals surface area contributed by atoms with Gasteiger partial charge in [0.15, 0.2) is 0 Å². The normalized spacial score (nSPS) is 9.75. The Kier molecular flexibility index (Phi) is 9.23. The molecular formula is C10H13BrCl2INO. The summed E-state index contributed by atoms with van der Waals surface area (Å²) in [6, 6.07) is 3.77. The van der Waals surface area contributed by atoms with Crippen molar-refractivity contribution < 1.29 is 4.74 Å². The predicted molar refractivity (Wildman–Crippen MR) is 82.9 cm³/mol. The molecule has 0 aliphatic rings. The van der Waals surface area contributed by atoms with E-state index in [1.807, 2.05) is 12.1 Å². The molecular weight excluding hydrogens is 428 g/mol. The molecule has 0 heterocycles. The standard InChI is InChI=1S/C10H12BrClINO.ClH/c11-7-5-8(12)10(6-9(7)13)15-4-2-1-3-14;/h5-6H,1-4,14H2;1H. The molecule has 0 saturated heterocycles. The van der Waals surface area contributed by atoms with Gasteiger partial charge in [0, 0.05) is 8.04 Å². The SMILES string of the molecule is Cl.NCCCCOc1cc(I)c(Br)cc1Cl. The molecule has 6 heteroatoms. The highest BCUT2D eigenvalue weighted by Crippen LogP contribution is 2.32. The second-order valence-corrected chi connectivity index (χ2v) is 5.46. The van der Waals surface area contributed by atoms with E-state index in [-0.39, 0.29) is 12.4 Å². The number of unbranched alkanes of at least 4 members (excludes halogenated alkanes) is 1. The highest BCUT2D eigenvalue weighted by molar-refractivity contribution is 14.1. The largest absolute Gasteiger partial charge is 0.492 e. The fourth-order valence-electron chi connectivity index (χ4n) is 1.04. The molecule has 2 nitrogen and oxygen atoms in total. The van der Waals surface area contributed by atoms with Crippen molar-refractivity contribution in [3.05, 3.63) is 25.2 Å². The molecule has 16 heavy (non-hydrogen) atoms. The predicted octanol–water partition coefficient (Wildman–Crippen LogP) is 4.25. The van der Waals surface area contributed by atoms with E-state index < -0.39 is 0 Å². The topological polar surface area (TPSA) is 35.2 Å². The molecule has 2 N–H and O–H groups in total. The lowest BCUT2D eigenvalue weighted by Gasteiger charge is -2.09. The Hall–Kier alpha value is 0.770. The summed E-state index contributed by atoms with van der Waals surface area (Å²) in [5, 5.41) is 0.634. The Labute approximate surface area is 129 Å². The minimum absolute atomic E-state index is 0. The van der Waals surface area contributed by atoms with Crippen LogP contribution in [0.3, 0.4) is 0 Å². The van der Waals surface area contributed by atoms with Gasteiger partial charge in [-0.1, -0.05) is 11.6 Å². The molecule has 1 aromatic carbocycles. The van der Waals surface area contributed by atoms with Crippen LogP contribution in [0.4, 0.5) is 0 Å². The molecule has 0 aromatic heterocycles. The summed E-state index contributed by atoms with van der Waals surface area (Å²) in [6.45, 7) is 1.36. The third kappa shape index (κ3) is 5.40. The maximum Gasteiger partial charge on any atom is 0.139 e. The fourth-order valence-corrected chi connectivity index (χ4v) is 2.18. The van der Waals surface area contributed by atoms with Crippen LogP contribution < -0.4 is 10.5 Å². The summed E-state index contributed by atoms with van der Waals surface area (Å²) in [5.41, 5.74) is 5.39. The number of halogens is 4. The van der Waals surface area contributed by atoms with Crippen molar-refractivity contribution in [2.45, 2.75) is 12.8 Å². The van der Waals surface area contributed by atoms with Gasteiger partial charge in [0.05, 0.1) is 11.6 Å². The first-order valence-corrected chi connectivity index (χ1v) is 6.87. The quantitative estimate of drug-likeness (QED) is 0.422. The number of rotatable bonds is 5. The van der Waals surface area contributed by atoms with Gasteiger partial charge in [0.25, 0.3) is 0 Å². The summed E-state index contributed by atoms with van der Waals surface area (Å²) >= 11 is 11.7. The van der Waals surface area contributed by atoms with E-state index in [9.17, 15) is 0 Å². The lowest BCUT2D eigenvalue weighted by molar-refractivity contribution is 0.308. The second kappa shape index (κ2) is 8.80. The molecule has 0 aliphatic heterocycles. The zero-order valence-electron chi connectivity index (χ0n) is 8.51. The van der Waals surface area contributed by atoms with Crippen LogP contribution in [0.25, 0.3) is 0 Å². The minimum Gasteiger partial charge on any atom is -0.492 e. The van der Waals surface area contributed by atoms with Gasteiger partial charge in [-0.25, -0.2) is 0 Å². The number of benzene rings is 1. The van der Waals surface area contributed by atoms with Crippen LogP contribution in [0, 0.1) is 3.57 Å². The zero-order chi connectivity index (χ0) is 11.3. The van der Waals surface area contributed by atoms with Crippen LogP contribution in [0.5, 0.6) is 5.75 Å². The number of hydrogen-bond acceptors (Lipinski definition) is 2. The van der Waals surface area contributed by atoms with Gasteiger partial charge in [0.1, 0.15) is 5.75 Å². The summed E-state index contributed by atoms with van der Waals surface area (Å²) in [4.78, 5) is 0. The average molecular weight is 441 g/mol. The van der Waals surface area contributed by atoms with Crippen LogP contribution in [-0.2, 0) is 0 Å². The van der Waals surface area contributed by atoms with Crippen molar-refractivity contribution in [1.29, 1.82) is 0 Å². The van der Waals surface area contributed by atoms with E-state index >= 15 is 0 Å². The van der Waals surface area contributed by atoms with Crippen molar-refractivity contribution in [3.63, 3.8) is 0 Å². The zero-order valence-corrected chi connectivity index (χ0v) is 13.8. The first-order valence-electron chi connectivity index (χ1n) is 4.62. The summed E-state index contributed by atoms with van der Waals surface area (Å²) in [6.07, 6.45) is 1.94. The van der Waals surface area contributed by atoms with E-state index in [2.05, 4.69) is 38.5 Å². The van der Waals surface area contributed by atoms with Crippen molar-refractivity contribution in [2.75, 3.05) is 13.2 Å². The Morgan fingerprint density at radius 2 is 2.06 bits per heavy atom. The highest BCUT2D eigenvalue weighted by atomic mass is 127. The van der Waals surface area contributed by atoms with Crippen molar-refractivity contribution in [3.8, 4) is 5.75 Å². The number of hydrogen-bond donors (Lipinski definition) is 1. The molecule has 0 bridgehead atoms. The molecule has 0 amide bonds. The molecule has 0 radical (unpaired) electrons. The van der Waals surface area contributed by atoms with Gasteiger partial charge in [-0.3, -0.25) is 0 Å². The minimum atomic E-state index is 0. The molecule has 0 atom stereocenters. The van der Waals surface area contributed by atoms with Crippen LogP contribution in [0.1, 0.15) is 12.8 Å². The number of nitrogens with two attached hydrogens (primary N) is 1. The van der Waals surface area contributed by atoms with Crippen molar-refractivity contribution in [2.24, 2.45) is 5.73 Å². The van der Waals surface area contributed by atoms with E-state index in [1.54, 1.807) is 0 Å². The summed E-state index contributed by atoms with van der Waals surface area (Å²) < 4.78 is 7.64. The Morgan fingerprint density at radius 1 is 1.38 bits per heavy atom. The molecule has 0 unspecified atom stereocenters. The fraction of sp³-hybridized carbons (Fsp3) is 0.400. The highest BCUT2D eigenvalue weighted by Gasteiger charge is 2.05. The average Bonchev–Trinajstić information content (AvgIpc) is 2.20. The van der Waals surface area contributed by atoms with Crippen molar-refractivity contribution in [1.82, 2.24) is 0 Å². The van der Waals surface area contributed by atoms with Crippen LogP contribution >= 0.6 is 62.5 Å². The van der Waals surface area contributed by atoms with Gasteiger partial charge >= 0.3 is 0 Å². The summed E-state index contributed by atoms with van der Waals surface area (Å²) in [7, 11) is 0. The van der Waals surface area contributed by atoms with Crippen LogP contribution in [0.15, 0.2) is 16.6 Å². The maximum atomic E-state index is 6.03. The van der Waals surface area contributed by atoms with Gasteiger partial charge in [-0.15, -0.1) is 12.4 Å². The van der Waals surface area contributed by atoms with E-state index in [0.717, 1.165) is 26.6 Å². The molecule has 0 fully saturated rings. The Balaban J connectivity index is 0.00000225.